The van der Waals surface area contributed by atoms with Crippen LogP contribution in [0.5, 0.6) is 0 Å². The summed E-state index contributed by atoms with van der Waals surface area (Å²) in [5, 5.41) is 0.445. The third kappa shape index (κ3) is 1.79. The van der Waals surface area contributed by atoms with Gasteiger partial charge in [-0.2, -0.15) is 0 Å². The lowest BCUT2D eigenvalue weighted by Crippen LogP contribution is -2.21. The molecule has 2 aromatic rings. The molecular weight excluding hydrogens is 263 g/mol. The largest absolute Gasteiger partial charge is 0.334 e. The van der Waals surface area contributed by atoms with Crippen molar-refractivity contribution in [2.75, 3.05) is 0 Å². The Morgan fingerprint density at radius 3 is 2.41 bits per heavy atom. The minimum Gasteiger partial charge on any atom is -0.296 e. The molecule has 1 heterocycles. The SMILES string of the molecule is Cn1c(C=O)c(Cl)n(-c2ccccc2Cl)c1=O. The van der Waals surface area contributed by atoms with Crippen LogP contribution in [0.4, 0.5) is 0 Å². The maximum atomic E-state index is 11.9. The number of hydrogen-bond donors (Lipinski definition) is 0. The van der Waals surface area contributed by atoms with Crippen molar-refractivity contribution >= 4 is 29.5 Å². The summed E-state index contributed by atoms with van der Waals surface area (Å²) in [6.45, 7) is 0. The van der Waals surface area contributed by atoms with E-state index in [1.165, 1.54) is 16.2 Å². The number of aldehydes is 1. The third-order valence-corrected chi connectivity index (χ3v) is 3.13. The first-order valence-corrected chi connectivity index (χ1v) is 5.50. The number of para-hydroxylation sites is 1. The molecule has 0 atom stereocenters. The summed E-state index contributed by atoms with van der Waals surface area (Å²) >= 11 is 12.0. The first-order valence-electron chi connectivity index (χ1n) is 4.75. The molecule has 0 unspecified atom stereocenters. The second kappa shape index (κ2) is 4.39. The summed E-state index contributed by atoms with van der Waals surface area (Å²) in [5.41, 5.74) is 0.162. The lowest BCUT2D eigenvalue weighted by Gasteiger charge is -2.04. The molecule has 0 spiro atoms. The Labute approximate surface area is 107 Å². The van der Waals surface area contributed by atoms with Crippen molar-refractivity contribution in [1.82, 2.24) is 9.13 Å². The molecule has 0 aliphatic rings. The van der Waals surface area contributed by atoms with E-state index < -0.39 is 5.69 Å². The molecule has 1 aromatic heterocycles. The summed E-state index contributed by atoms with van der Waals surface area (Å²) in [6.07, 6.45) is 0.539. The molecule has 0 N–H and O–H groups in total. The van der Waals surface area contributed by atoms with Gasteiger partial charge in [0.15, 0.2) is 6.29 Å². The van der Waals surface area contributed by atoms with E-state index in [4.69, 9.17) is 23.2 Å². The minimum atomic E-state index is -0.412. The molecular formula is C11H8Cl2N2O2. The highest BCUT2D eigenvalue weighted by atomic mass is 35.5. The summed E-state index contributed by atoms with van der Waals surface area (Å²) in [5.74, 6) is 0. The van der Waals surface area contributed by atoms with Gasteiger partial charge < -0.3 is 0 Å². The van der Waals surface area contributed by atoms with Gasteiger partial charge in [0.05, 0.1) is 10.7 Å². The fourth-order valence-electron chi connectivity index (χ4n) is 1.56. The van der Waals surface area contributed by atoms with Crippen LogP contribution in [0.25, 0.3) is 5.69 Å². The fraction of sp³-hybridized carbons (Fsp3) is 0.0909. The molecule has 0 saturated carbocycles. The second-order valence-corrected chi connectivity index (χ2v) is 4.19. The zero-order valence-corrected chi connectivity index (χ0v) is 10.4. The highest BCUT2D eigenvalue weighted by Gasteiger charge is 2.17. The summed E-state index contributed by atoms with van der Waals surface area (Å²) in [4.78, 5) is 22.8. The smallest absolute Gasteiger partial charge is 0.296 e. The zero-order chi connectivity index (χ0) is 12.6. The van der Waals surface area contributed by atoms with Gasteiger partial charge in [-0.15, -0.1) is 0 Å². The van der Waals surface area contributed by atoms with Crippen LogP contribution in [0.15, 0.2) is 29.1 Å². The fourth-order valence-corrected chi connectivity index (χ4v) is 2.11. The van der Waals surface area contributed by atoms with Gasteiger partial charge in [-0.25, -0.2) is 9.36 Å². The normalized spacial score (nSPS) is 10.5. The van der Waals surface area contributed by atoms with E-state index in [2.05, 4.69) is 0 Å². The summed E-state index contributed by atoms with van der Waals surface area (Å²) in [6, 6.07) is 6.78. The zero-order valence-electron chi connectivity index (χ0n) is 8.85. The molecule has 2 rings (SSSR count). The molecule has 4 nitrogen and oxygen atoms in total. The van der Waals surface area contributed by atoms with Crippen molar-refractivity contribution in [3.63, 3.8) is 0 Å². The molecule has 88 valence electrons. The number of imidazole rings is 1. The molecule has 1 aromatic carbocycles. The summed E-state index contributed by atoms with van der Waals surface area (Å²) in [7, 11) is 1.48. The molecule has 6 heteroatoms. The Bertz CT molecular complexity index is 643. The van der Waals surface area contributed by atoms with Gasteiger partial charge >= 0.3 is 5.69 Å². The Balaban J connectivity index is 2.82. The van der Waals surface area contributed by atoms with Crippen LogP contribution in [0.2, 0.25) is 10.2 Å². The van der Waals surface area contributed by atoms with Gasteiger partial charge in [0.25, 0.3) is 0 Å². The first-order chi connectivity index (χ1) is 8.07. The molecule has 0 radical (unpaired) electrons. The Morgan fingerprint density at radius 2 is 1.88 bits per heavy atom. The minimum absolute atomic E-state index is 0.0561. The molecule has 0 saturated heterocycles. The maximum absolute atomic E-state index is 11.9. The van der Waals surface area contributed by atoms with Crippen LogP contribution in [0.1, 0.15) is 10.5 Å². The monoisotopic (exact) mass is 270 g/mol. The highest BCUT2D eigenvalue weighted by molar-refractivity contribution is 6.34. The van der Waals surface area contributed by atoms with E-state index in [0.29, 0.717) is 17.0 Å². The predicted octanol–water partition coefficient (Wildman–Crippen LogP) is 2.30. The number of halogens is 2. The number of benzene rings is 1. The van der Waals surface area contributed by atoms with Gasteiger partial charge in [-0.05, 0) is 12.1 Å². The summed E-state index contributed by atoms with van der Waals surface area (Å²) < 4.78 is 2.38. The second-order valence-electron chi connectivity index (χ2n) is 3.42. The Hall–Kier alpha value is -1.52. The van der Waals surface area contributed by atoms with E-state index in [-0.39, 0.29) is 10.8 Å². The average molecular weight is 271 g/mol. The lowest BCUT2D eigenvalue weighted by atomic mass is 10.3. The first kappa shape index (κ1) is 12.0. The van der Waals surface area contributed by atoms with Crippen LogP contribution in [-0.4, -0.2) is 15.4 Å². The average Bonchev–Trinajstić information content (AvgIpc) is 2.52. The van der Waals surface area contributed by atoms with Crippen molar-refractivity contribution < 1.29 is 4.79 Å². The Kier molecular flexibility index (Phi) is 3.09. The number of aromatic nitrogens is 2. The van der Waals surface area contributed by atoms with Gasteiger partial charge in [0.2, 0.25) is 0 Å². The number of nitrogens with zero attached hydrogens (tertiary/aromatic N) is 2. The topological polar surface area (TPSA) is 44.0 Å². The quantitative estimate of drug-likeness (QED) is 0.786. The number of carbonyl (C=O) groups excluding carboxylic acids is 1. The van der Waals surface area contributed by atoms with Gasteiger partial charge in [-0.1, -0.05) is 35.3 Å². The predicted molar refractivity (Wildman–Crippen MR) is 66.4 cm³/mol. The van der Waals surface area contributed by atoms with Crippen molar-refractivity contribution in [2.45, 2.75) is 0 Å². The van der Waals surface area contributed by atoms with E-state index in [1.54, 1.807) is 24.3 Å². The van der Waals surface area contributed by atoms with E-state index in [9.17, 15) is 9.59 Å². The standard InChI is InChI=1S/C11H8Cl2N2O2/c1-14-9(6-16)10(13)15(11(14)17)8-5-3-2-4-7(8)12/h2-6H,1H3. The van der Waals surface area contributed by atoms with Crippen LogP contribution in [0, 0.1) is 0 Å². The molecule has 0 fully saturated rings. The van der Waals surface area contributed by atoms with E-state index >= 15 is 0 Å². The molecule has 0 amide bonds. The number of carbonyl (C=O) groups is 1. The van der Waals surface area contributed by atoms with Crippen LogP contribution in [0.3, 0.4) is 0 Å². The molecule has 0 aliphatic heterocycles. The maximum Gasteiger partial charge on any atom is 0.334 e. The Morgan fingerprint density at radius 1 is 1.24 bits per heavy atom. The van der Waals surface area contributed by atoms with Crippen LogP contribution in [-0.2, 0) is 7.05 Å². The lowest BCUT2D eigenvalue weighted by molar-refractivity contribution is 0.111. The third-order valence-electron chi connectivity index (χ3n) is 2.45. The van der Waals surface area contributed by atoms with E-state index in [1.807, 2.05) is 0 Å². The number of hydrogen-bond acceptors (Lipinski definition) is 2. The molecule has 17 heavy (non-hydrogen) atoms. The number of rotatable bonds is 2. The van der Waals surface area contributed by atoms with Crippen molar-refractivity contribution in [1.29, 1.82) is 0 Å². The van der Waals surface area contributed by atoms with Gasteiger partial charge in [0, 0.05) is 7.05 Å². The van der Waals surface area contributed by atoms with Crippen molar-refractivity contribution in [3.8, 4) is 5.69 Å². The van der Waals surface area contributed by atoms with E-state index in [0.717, 1.165) is 0 Å². The van der Waals surface area contributed by atoms with Crippen LogP contribution < -0.4 is 5.69 Å². The molecule has 0 aliphatic carbocycles. The highest BCUT2D eigenvalue weighted by Crippen LogP contribution is 2.23. The molecule has 0 bridgehead atoms. The van der Waals surface area contributed by atoms with Gasteiger partial charge in [-0.3, -0.25) is 9.36 Å². The van der Waals surface area contributed by atoms with Gasteiger partial charge in [0.1, 0.15) is 10.8 Å². The van der Waals surface area contributed by atoms with Crippen molar-refractivity contribution in [3.05, 3.63) is 50.6 Å². The van der Waals surface area contributed by atoms with Crippen LogP contribution >= 0.6 is 23.2 Å². The van der Waals surface area contributed by atoms with Crippen molar-refractivity contribution in [2.24, 2.45) is 7.05 Å².